The summed E-state index contributed by atoms with van der Waals surface area (Å²) in [7, 11) is 0. The third kappa shape index (κ3) is 3.70. The normalized spacial score (nSPS) is 11.1. The Morgan fingerprint density at radius 3 is 2.93 bits per heavy atom. The van der Waals surface area contributed by atoms with Crippen molar-refractivity contribution in [2.45, 2.75) is 20.3 Å². The topological polar surface area (TPSA) is 72.2 Å². The van der Waals surface area contributed by atoms with E-state index >= 15 is 0 Å². The predicted molar refractivity (Wildman–Crippen MR) is 107 cm³/mol. The number of fused-ring (bicyclic) bond motifs is 1. The maximum absolute atomic E-state index is 12.7. The largest absolute Gasteiger partial charge is 0.298 e. The van der Waals surface area contributed by atoms with E-state index in [9.17, 15) is 4.79 Å². The number of aromatic nitrogens is 4. The fourth-order valence-corrected chi connectivity index (χ4v) is 3.94. The zero-order chi connectivity index (χ0) is 19.0. The van der Waals surface area contributed by atoms with E-state index in [1.165, 1.54) is 17.5 Å². The molecule has 0 spiro atoms. The molecule has 8 heteroatoms. The number of hydrogen-bond donors (Lipinski definition) is 1. The molecule has 27 heavy (non-hydrogen) atoms. The number of aryl methyl sites for hydroxylation is 2. The van der Waals surface area contributed by atoms with Gasteiger partial charge in [0.25, 0.3) is 5.91 Å². The van der Waals surface area contributed by atoms with E-state index in [0.717, 1.165) is 21.8 Å². The Morgan fingerprint density at radius 2 is 2.11 bits per heavy atom. The molecule has 0 bridgehead atoms. The van der Waals surface area contributed by atoms with Crippen LogP contribution in [0.2, 0.25) is 5.02 Å². The van der Waals surface area contributed by atoms with Crippen LogP contribution in [0.15, 0.2) is 42.7 Å². The highest BCUT2D eigenvalue weighted by molar-refractivity contribution is 7.15. The van der Waals surface area contributed by atoms with Crippen molar-refractivity contribution in [1.82, 2.24) is 19.6 Å². The standard InChI is InChI=1S/C19H16ClN5OS/c1-11-6-12(2)25-17(23-11)16(10-22-25)18(26)24-19-21-9-15(27-19)8-13-4-3-5-14(20)7-13/h3-7,9-10H,8H2,1-2H3,(H,21,24,26). The summed E-state index contributed by atoms with van der Waals surface area (Å²) >= 11 is 7.47. The fourth-order valence-electron chi connectivity index (χ4n) is 2.89. The summed E-state index contributed by atoms with van der Waals surface area (Å²) in [5, 5.41) is 8.34. The lowest BCUT2D eigenvalue weighted by molar-refractivity contribution is 0.102. The van der Waals surface area contributed by atoms with E-state index in [4.69, 9.17) is 11.6 Å². The zero-order valence-corrected chi connectivity index (χ0v) is 16.3. The summed E-state index contributed by atoms with van der Waals surface area (Å²) in [6.45, 7) is 3.82. The van der Waals surface area contributed by atoms with E-state index in [2.05, 4.69) is 20.4 Å². The highest BCUT2D eigenvalue weighted by atomic mass is 35.5. The van der Waals surface area contributed by atoms with Crippen LogP contribution in [-0.2, 0) is 6.42 Å². The van der Waals surface area contributed by atoms with Crippen LogP contribution in [0.5, 0.6) is 0 Å². The van der Waals surface area contributed by atoms with Gasteiger partial charge in [0.15, 0.2) is 10.8 Å². The van der Waals surface area contributed by atoms with Crippen LogP contribution < -0.4 is 5.32 Å². The predicted octanol–water partition coefficient (Wildman–Crippen LogP) is 4.30. The van der Waals surface area contributed by atoms with Gasteiger partial charge in [-0.25, -0.2) is 14.5 Å². The molecular weight excluding hydrogens is 382 g/mol. The Balaban J connectivity index is 1.53. The number of nitrogens with zero attached hydrogens (tertiary/aromatic N) is 4. The van der Waals surface area contributed by atoms with Crippen molar-refractivity contribution in [2.75, 3.05) is 5.32 Å². The summed E-state index contributed by atoms with van der Waals surface area (Å²) < 4.78 is 1.66. The van der Waals surface area contributed by atoms with Gasteiger partial charge in [-0.2, -0.15) is 5.10 Å². The third-order valence-electron chi connectivity index (χ3n) is 4.06. The lowest BCUT2D eigenvalue weighted by Gasteiger charge is -2.02. The van der Waals surface area contributed by atoms with Crippen LogP contribution in [0.1, 0.15) is 32.2 Å². The minimum absolute atomic E-state index is 0.272. The molecule has 4 aromatic rings. The first-order chi connectivity index (χ1) is 13.0. The number of amides is 1. The van der Waals surface area contributed by atoms with Crippen molar-refractivity contribution in [2.24, 2.45) is 0 Å². The summed E-state index contributed by atoms with van der Waals surface area (Å²) in [6.07, 6.45) is 4.01. The molecule has 0 aliphatic rings. The van der Waals surface area contributed by atoms with Gasteiger partial charge in [0.1, 0.15) is 5.56 Å². The molecule has 136 valence electrons. The first-order valence-corrected chi connectivity index (χ1v) is 9.51. The number of carbonyl (C=O) groups is 1. The molecule has 0 radical (unpaired) electrons. The highest BCUT2D eigenvalue weighted by Gasteiger charge is 2.17. The minimum Gasteiger partial charge on any atom is -0.298 e. The van der Waals surface area contributed by atoms with E-state index in [-0.39, 0.29) is 5.91 Å². The Kier molecular flexibility index (Phi) is 4.63. The smallest absolute Gasteiger partial charge is 0.262 e. The van der Waals surface area contributed by atoms with Gasteiger partial charge >= 0.3 is 0 Å². The van der Waals surface area contributed by atoms with Gasteiger partial charge in [-0.3, -0.25) is 10.1 Å². The van der Waals surface area contributed by atoms with Crippen molar-refractivity contribution < 1.29 is 4.79 Å². The van der Waals surface area contributed by atoms with E-state index in [0.29, 0.717) is 27.8 Å². The Morgan fingerprint density at radius 1 is 1.26 bits per heavy atom. The second kappa shape index (κ2) is 7.09. The molecule has 0 saturated heterocycles. The molecule has 0 unspecified atom stereocenters. The fraction of sp³-hybridized carbons (Fsp3) is 0.158. The van der Waals surface area contributed by atoms with Gasteiger partial charge < -0.3 is 0 Å². The van der Waals surface area contributed by atoms with Crippen LogP contribution in [0, 0.1) is 13.8 Å². The summed E-state index contributed by atoms with van der Waals surface area (Å²) in [5.41, 5.74) is 3.83. The van der Waals surface area contributed by atoms with Crippen molar-refractivity contribution in [3.63, 3.8) is 0 Å². The highest BCUT2D eigenvalue weighted by Crippen LogP contribution is 2.23. The molecule has 3 heterocycles. The van der Waals surface area contributed by atoms with Crippen LogP contribution in [0.25, 0.3) is 5.65 Å². The second-order valence-electron chi connectivity index (χ2n) is 6.23. The SMILES string of the molecule is Cc1cc(C)n2ncc(C(=O)Nc3ncc(Cc4cccc(Cl)c4)s3)c2n1. The molecule has 0 atom stereocenters. The van der Waals surface area contributed by atoms with Crippen LogP contribution >= 0.6 is 22.9 Å². The second-order valence-corrected chi connectivity index (χ2v) is 7.78. The molecular formula is C19H16ClN5OS. The maximum atomic E-state index is 12.7. The molecule has 3 aromatic heterocycles. The Hall–Kier alpha value is -2.77. The molecule has 1 amide bonds. The van der Waals surface area contributed by atoms with Gasteiger partial charge in [0, 0.05) is 33.9 Å². The molecule has 1 N–H and O–H groups in total. The van der Waals surface area contributed by atoms with Crippen LogP contribution in [0.4, 0.5) is 5.13 Å². The van der Waals surface area contributed by atoms with E-state index in [1.54, 1.807) is 10.7 Å². The van der Waals surface area contributed by atoms with E-state index in [1.807, 2.05) is 44.2 Å². The number of carbonyl (C=O) groups excluding carboxylic acids is 1. The summed E-state index contributed by atoms with van der Waals surface area (Å²) in [4.78, 5) is 22.5. The van der Waals surface area contributed by atoms with Crippen LogP contribution in [-0.4, -0.2) is 25.5 Å². The quantitative estimate of drug-likeness (QED) is 0.557. The number of hydrogen-bond acceptors (Lipinski definition) is 5. The lowest BCUT2D eigenvalue weighted by atomic mass is 10.1. The molecule has 0 saturated carbocycles. The minimum atomic E-state index is -0.272. The third-order valence-corrected chi connectivity index (χ3v) is 5.21. The van der Waals surface area contributed by atoms with Gasteiger partial charge in [-0.1, -0.05) is 23.7 Å². The number of anilines is 1. The summed E-state index contributed by atoms with van der Waals surface area (Å²) in [5.74, 6) is -0.272. The summed E-state index contributed by atoms with van der Waals surface area (Å²) in [6, 6.07) is 9.62. The molecule has 4 rings (SSSR count). The molecule has 1 aromatic carbocycles. The Bertz CT molecular complexity index is 1150. The number of nitrogens with one attached hydrogen (secondary N) is 1. The Labute approximate surface area is 164 Å². The number of rotatable bonds is 4. The molecule has 0 aliphatic carbocycles. The zero-order valence-electron chi connectivity index (χ0n) is 14.7. The van der Waals surface area contributed by atoms with Gasteiger partial charge in [0.2, 0.25) is 0 Å². The number of halogens is 1. The average Bonchev–Trinajstić information content (AvgIpc) is 3.22. The first kappa shape index (κ1) is 17.6. The van der Waals surface area contributed by atoms with Gasteiger partial charge in [0.05, 0.1) is 6.20 Å². The van der Waals surface area contributed by atoms with Gasteiger partial charge in [-0.05, 0) is 37.6 Å². The number of thiazole rings is 1. The van der Waals surface area contributed by atoms with E-state index < -0.39 is 0 Å². The maximum Gasteiger partial charge on any atom is 0.262 e. The first-order valence-electron chi connectivity index (χ1n) is 8.32. The number of benzene rings is 1. The van der Waals surface area contributed by atoms with Crippen molar-refractivity contribution >= 4 is 39.6 Å². The van der Waals surface area contributed by atoms with Crippen molar-refractivity contribution in [3.8, 4) is 0 Å². The average molecular weight is 398 g/mol. The molecule has 0 aliphatic heterocycles. The van der Waals surface area contributed by atoms with Gasteiger partial charge in [-0.15, -0.1) is 11.3 Å². The van der Waals surface area contributed by atoms with Crippen molar-refractivity contribution in [3.05, 3.63) is 75.1 Å². The molecule has 0 fully saturated rings. The van der Waals surface area contributed by atoms with Crippen molar-refractivity contribution in [1.29, 1.82) is 0 Å². The monoisotopic (exact) mass is 397 g/mol. The molecule has 6 nitrogen and oxygen atoms in total. The van der Waals surface area contributed by atoms with Crippen LogP contribution in [0.3, 0.4) is 0 Å². The lowest BCUT2D eigenvalue weighted by Crippen LogP contribution is -2.12.